The molecule has 0 spiro atoms. The molecule has 0 N–H and O–H groups in total. The van der Waals surface area contributed by atoms with E-state index < -0.39 is 0 Å². The summed E-state index contributed by atoms with van der Waals surface area (Å²) >= 11 is 3.36. The maximum Gasteiger partial charge on any atom is 0.139 e. The quantitative estimate of drug-likeness (QED) is 0.851. The summed E-state index contributed by atoms with van der Waals surface area (Å²) in [4.78, 5) is 8.18. The molecule has 17 heavy (non-hydrogen) atoms. The second kappa shape index (κ2) is 5.82. The molecular weight excluding hydrogens is 282 g/mol. The Morgan fingerprint density at radius 2 is 2.18 bits per heavy atom. The van der Waals surface area contributed by atoms with Crippen molar-refractivity contribution in [2.45, 2.75) is 26.5 Å². The number of rotatable bonds is 5. The van der Waals surface area contributed by atoms with Crippen LogP contribution < -0.4 is 4.74 Å². The summed E-state index contributed by atoms with van der Waals surface area (Å²) in [6, 6.07) is 1.90. The van der Waals surface area contributed by atoms with E-state index >= 15 is 0 Å². The zero-order valence-corrected chi connectivity index (χ0v) is 11.2. The number of hydrogen-bond donors (Lipinski definition) is 0. The second-order valence-electron chi connectivity index (χ2n) is 3.71. The lowest BCUT2D eigenvalue weighted by Crippen LogP contribution is -2.05. The average Bonchev–Trinajstić information content (AvgIpc) is 2.75. The van der Waals surface area contributed by atoms with Crippen molar-refractivity contribution >= 4 is 15.9 Å². The molecular formula is C12H14BrN3O. The lowest BCUT2D eigenvalue weighted by atomic mass is 10.4. The summed E-state index contributed by atoms with van der Waals surface area (Å²) in [5, 5.41) is 0. The highest BCUT2D eigenvalue weighted by molar-refractivity contribution is 9.10. The van der Waals surface area contributed by atoms with Gasteiger partial charge in [0, 0.05) is 17.2 Å². The Morgan fingerprint density at radius 3 is 2.94 bits per heavy atom. The molecule has 0 aliphatic carbocycles. The molecule has 4 nitrogen and oxygen atoms in total. The molecule has 0 atom stereocenters. The molecule has 0 saturated heterocycles. The van der Waals surface area contributed by atoms with E-state index in [-0.39, 0.29) is 0 Å². The van der Waals surface area contributed by atoms with Crippen LogP contribution in [0.15, 0.2) is 35.5 Å². The van der Waals surface area contributed by atoms with Crippen LogP contribution >= 0.6 is 15.9 Å². The van der Waals surface area contributed by atoms with Crippen LogP contribution in [0.5, 0.6) is 5.75 Å². The van der Waals surface area contributed by atoms with Crippen molar-refractivity contribution in [1.29, 1.82) is 0 Å². The van der Waals surface area contributed by atoms with Crippen LogP contribution in [0.4, 0.5) is 0 Å². The van der Waals surface area contributed by atoms with E-state index in [0.717, 1.165) is 28.9 Å². The smallest absolute Gasteiger partial charge is 0.139 e. The van der Waals surface area contributed by atoms with Crippen LogP contribution in [0.2, 0.25) is 0 Å². The Morgan fingerprint density at radius 1 is 1.29 bits per heavy atom. The molecule has 0 unspecified atom stereocenters. The van der Waals surface area contributed by atoms with Gasteiger partial charge in [0.15, 0.2) is 0 Å². The van der Waals surface area contributed by atoms with Gasteiger partial charge in [-0.2, -0.15) is 0 Å². The number of halogens is 1. The van der Waals surface area contributed by atoms with E-state index in [4.69, 9.17) is 4.74 Å². The molecule has 0 aliphatic rings. The zero-order valence-electron chi connectivity index (χ0n) is 9.64. The molecule has 0 saturated carbocycles. The monoisotopic (exact) mass is 295 g/mol. The Labute approximate surface area is 109 Å². The summed E-state index contributed by atoms with van der Waals surface area (Å²) in [5.74, 6) is 0.753. The average molecular weight is 296 g/mol. The fourth-order valence-corrected chi connectivity index (χ4v) is 1.88. The van der Waals surface area contributed by atoms with E-state index in [1.54, 1.807) is 12.4 Å². The topological polar surface area (TPSA) is 39.9 Å². The number of hydrogen-bond acceptors (Lipinski definition) is 3. The van der Waals surface area contributed by atoms with Gasteiger partial charge in [0.2, 0.25) is 0 Å². The predicted octanol–water partition coefficient (Wildman–Crippen LogP) is 3.03. The molecule has 2 aromatic rings. The van der Waals surface area contributed by atoms with Gasteiger partial charge in [-0.25, -0.2) is 4.98 Å². The van der Waals surface area contributed by atoms with Crippen molar-refractivity contribution in [3.05, 3.63) is 41.2 Å². The molecule has 0 radical (unpaired) electrons. The highest BCUT2D eigenvalue weighted by Gasteiger charge is 2.02. The molecule has 5 heteroatoms. The van der Waals surface area contributed by atoms with Gasteiger partial charge in [0.1, 0.15) is 12.4 Å². The van der Waals surface area contributed by atoms with Crippen LogP contribution in [-0.2, 0) is 13.2 Å². The van der Waals surface area contributed by atoms with Crippen molar-refractivity contribution in [2.75, 3.05) is 0 Å². The minimum atomic E-state index is 0.512. The van der Waals surface area contributed by atoms with Crippen LogP contribution in [-0.4, -0.2) is 14.5 Å². The Bertz CT molecular complexity index is 484. The molecule has 2 aromatic heterocycles. The second-order valence-corrected chi connectivity index (χ2v) is 4.62. The first kappa shape index (κ1) is 12.1. The summed E-state index contributed by atoms with van der Waals surface area (Å²) in [6.07, 6.45) is 8.18. The van der Waals surface area contributed by atoms with E-state index in [1.807, 2.05) is 18.6 Å². The Kier molecular flexibility index (Phi) is 4.14. The molecule has 0 fully saturated rings. The van der Waals surface area contributed by atoms with Crippen molar-refractivity contribution < 1.29 is 4.74 Å². The fraction of sp³-hybridized carbons (Fsp3) is 0.333. The standard InChI is InChI=1S/C12H14BrN3O/c1-2-3-16-9-15-6-11(16)8-17-12-4-10(13)5-14-7-12/h4-7,9H,2-3,8H2,1H3. The summed E-state index contributed by atoms with van der Waals surface area (Å²) in [5.41, 5.74) is 1.08. The highest BCUT2D eigenvalue weighted by Crippen LogP contribution is 2.17. The normalized spacial score (nSPS) is 10.5. The first-order valence-corrected chi connectivity index (χ1v) is 6.31. The maximum atomic E-state index is 5.66. The summed E-state index contributed by atoms with van der Waals surface area (Å²) in [7, 11) is 0. The number of pyridine rings is 1. The van der Waals surface area contributed by atoms with E-state index in [0.29, 0.717) is 6.61 Å². The van der Waals surface area contributed by atoms with Crippen molar-refractivity contribution in [2.24, 2.45) is 0 Å². The number of nitrogens with zero attached hydrogens (tertiary/aromatic N) is 3. The lowest BCUT2D eigenvalue weighted by Gasteiger charge is -2.08. The minimum absolute atomic E-state index is 0.512. The molecule has 90 valence electrons. The van der Waals surface area contributed by atoms with Crippen molar-refractivity contribution in [3.8, 4) is 5.75 Å². The first-order chi connectivity index (χ1) is 8.29. The maximum absolute atomic E-state index is 5.66. The third-order valence-corrected chi connectivity index (χ3v) is 2.76. The van der Waals surface area contributed by atoms with Crippen molar-refractivity contribution in [3.63, 3.8) is 0 Å². The number of aromatic nitrogens is 3. The number of aryl methyl sites for hydroxylation is 1. The SMILES string of the molecule is CCCn1cncc1COc1cncc(Br)c1. The molecule has 0 aliphatic heterocycles. The van der Waals surface area contributed by atoms with Gasteiger partial charge in [-0.15, -0.1) is 0 Å². The molecule has 0 amide bonds. The highest BCUT2D eigenvalue weighted by atomic mass is 79.9. The third-order valence-electron chi connectivity index (χ3n) is 2.33. The molecule has 2 rings (SSSR count). The van der Waals surface area contributed by atoms with Crippen LogP contribution in [0.3, 0.4) is 0 Å². The van der Waals surface area contributed by atoms with Crippen LogP contribution in [0.25, 0.3) is 0 Å². The van der Waals surface area contributed by atoms with E-state index in [1.165, 1.54) is 0 Å². The predicted molar refractivity (Wildman–Crippen MR) is 68.8 cm³/mol. The van der Waals surface area contributed by atoms with Gasteiger partial charge in [0.05, 0.1) is 24.4 Å². The summed E-state index contributed by atoms with van der Waals surface area (Å²) < 4.78 is 8.68. The largest absolute Gasteiger partial charge is 0.486 e. The first-order valence-electron chi connectivity index (χ1n) is 5.52. The summed E-state index contributed by atoms with van der Waals surface area (Å²) in [6.45, 7) is 3.62. The van der Waals surface area contributed by atoms with Gasteiger partial charge in [0.25, 0.3) is 0 Å². The number of ether oxygens (including phenoxy) is 1. The fourth-order valence-electron chi connectivity index (χ4n) is 1.54. The minimum Gasteiger partial charge on any atom is -0.486 e. The lowest BCUT2D eigenvalue weighted by molar-refractivity contribution is 0.293. The van der Waals surface area contributed by atoms with Gasteiger partial charge in [-0.05, 0) is 28.4 Å². The third kappa shape index (κ3) is 3.30. The van der Waals surface area contributed by atoms with Crippen LogP contribution in [0.1, 0.15) is 19.0 Å². The van der Waals surface area contributed by atoms with E-state index in [9.17, 15) is 0 Å². The molecule has 2 heterocycles. The van der Waals surface area contributed by atoms with Gasteiger partial charge in [-0.1, -0.05) is 6.92 Å². The van der Waals surface area contributed by atoms with Gasteiger partial charge < -0.3 is 9.30 Å². The van der Waals surface area contributed by atoms with Crippen molar-refractivity contribution in [1.82, 2.24) is 14.5 Å². The zero-order chi connectivity index (χ0) is 12.1. The molecule has 0 bridgehead atoms. The number of imidazole rings is 1. The van der Waals surface area contributed by atoms with Gasteiger partial charge in [-0.3, -0.25) is 4.98 Å². The molecule has 0 aromatic carbocycles. The van der Waals surface area contributed by atoms with Gasteiger partial charge >= 0.3 is 0 Å². The van der Waals surface area contributed by atoms with Crippen LogP contribution in [0, 0.1) is 0 Å². The van der Waals surface area contributed by atoms with E-state index in [2.05, 4.69) is 37.4 Å². The Hall–Kier alpha value is -1.36. The Balaban J connectivity index is 1.99.